The third-order valence-corrected chi connectivity index (χ3v) is 7.90. The van der Waals surface area contributed by atoms with Gasteiger partial charge in [0.1, 0.15) is 17.0 Å². The molecule has 2 aromatic carbocycles. The van der Waals surface area contributed by atoms with Gasteiger partial charge in [-0.15, -0.1) is 0 Å². The molecule has 4 unspecified atom stereocenters. The summed E-state index contributed by atoms with van der Waals surface area (Å²) in [6.07, 6.45) is 4.47. The Morgan fingerprint density at radius 3 is 2.40 bits per heavy atom. The fourth-order valence-electron chi connectivity index (χ4n) is 6.29. The van der Waals surface area contributed by atoms with Crippen LogP contribution in [0.1, 0.15) is 49.3 Å². The minimum atomic E-state index is -1.69. The molecule has 2 aromatic rings. The molecule has 0 radical (unpaired) electrons. The summed E-state index contributed by atoms with van der Waals surface area (Å²) in [5.41, 5.74) is -0.387. The topological polar surface area (TPSA) is 116 Å². The lowest BCUT2D eigenvalue weighted by Crippen LogP contribution is -2.58. The number of para-hydroxylation sites is 1. The highest BCUT2D eigenvalue weighted by atomic mass is 16.5. The molecule has 184 valence electrons. The third-order valence-electron chi connectivity index (χ3n) is 7.90. The van der Waals surface area contributed by atoms with Crippen molar-refractivity contribution < 1.29 is 29.3 Å². The third kappa shape index (κ3) is 3.76. The van der Waals surface area contributed by atoms with Crippen LogP contribution >= 0.6 is 0 Å². The van der Waals surface area contributed by atoms with Gasteiger partial charge in [0.05, 0.1) is 18.9 Å². The molecule has 3 aliphatic rings. The van der Waals surface area contributed by atoms with Crippen LogP contribution in [0.4, 0.5) is 0 Å². The number of methoxy groups -OCH3 is 1. The first-order valence-electron chi connectivity index (χ1n) is 12.2. The molecule has 8 heteroatoms. The molecule has 2 heterocycles. The van der Waals surface area contributed by atoms with Gasteiger partial charge in [-0.1, -0.05) is 49.6 Å². The average molecular weight is 479 g/mol. The zero-order valence-corrected chi connectivity index (χ0v) is 19.6. The Hall–Kier alpha value is -3.39. The predicted octanol–water partition coefficient (Wildman–Crippen LogP) is 3.05. The van der Waals surface area contributed by atoms with Crippen molar-refractivity contribution in [3.8, 4) is 11.5 Å². The van der Waals surface area contributed by atoms with Gasteiger partial charge in [-0.05, 0) is 36.6 Å². The average Bonchev–Trinajstić information content (AvgIpc) is 3.35. The van der Waals surface area contributed by atoms with Crippen molar-refractivity contribution in [1.82, 2.24) is 10.2 Å². The number of imide groups is 1. The van der Waals surface area contributed by atoms with Crippen LogP contribution in [0.15, 0.2) is 48.5 Å². The second-order valence-electron chi connectivity index (χ2n) is 9.83. The molecule has 2 saturated heterocycles. The van der Waals surface area contributed by atoms with E-state index in [0.717, 1.165) is 32.1 Å². The number of benzene rings is 2. The number of carbonyl (C=O) groups is 3. The fraction of sp³-hybridized carbons (Fsp3) is 0.444. The second kappa shape index (κ2) is 9.00. The van der Waals surface area contributed by atoms with Crippen LogP contribution in [-0.2, 0) is 20.8 Å². The number of fused-ring (bicyclic) bond motifs is 1. The van der Waals surface area contributed by atoms with E-state index < -0.39 is 35.3 Å². The van der Waals surface area contributed by atoms with Gasteiger partial charge in [0.2, 0.25) is 11.8 Å². The minimum Gasteiger partial charge on any atom is -0.508 e. The number of phenols is 1. The molecule has 1 saturated carbocycles. The number of ether oxygens (including phenoxy) is 1. The van der Waals surface area contributed by atoms with E-state index in [0.29, 0.717) is 16.9 Å². The summed E-state index contributed by atoms with van der Waals surface area (Å²) in [7, 11) is 1.53. The van der Waals surface area contributed by atoms with Crippen molar-refractivity contribution in [1.29, 1.82) is 0 Å². The summed E-state index contributed by atoms with van der Waals surface area (Å²) in [6.45, 7) is 0. The van der Waals surface area contributed by atoms with Gasteiger partial charge in [0, 0.05) is 24.1 Å². The van der Waals surface area contributed by atoms with Gasteiger partial charge < -0.3 is 14.9 Å². The predicted molar refractivity (Wildman–Crippen MR) is 127 cm³/mol. The number of phenolic OH excluding ortho intramolecular Hbond substituents is 1. The summed E-state index contributed by atoms with van der Waals surface area (Å²) >= 11 is 0. The Labute approximate surface area is 203 Å². The van der Waals surface area contributed by atoms with Crippen molar-refractivity contribution in [2.75, 3.05) is 7.11 Å². The summed E-state index contributed by atoms with van der Waals surface area (Å²) in [6, 6.07) is 12.6. The smallest absolute Gasteiger partial charge is 0.325 e. The normalized spacial score (nSPS) is 28.8. The quantitative estimate of drug-likeness (QED) is 0.547. The largest absolute Gasteiger partial charge is 0.508 e. The zero-order chi connectivity index (χ0) is 24.7. The Morgan fingerprint density at radius 1 is 1.06 bits per heavy atom. The first-order chi connectivity index (χ1) is 16.9. The number of carboxylic acids is 1. The van der Waals surface area contributed by atoms with Crippen LogP contribution in [-0.4, -0.2) is 51.6 Å². The molecule has 3 fully saturated rings. The van der Waals surface area contributed by atoms with E-state index in [1.54, 1.807) is 18.2 Å². The molecule has 4 atom stereocenters. The number of carbonyl (C=O) groups excluding carboxylic acids is 2. The summed E-state index contributed by atoms with van der Waals surface area (Å²) in [4.78, 5) is 42.2. The monoisotopic (exact) mass is 478 g/mol. The molecule has 35 heavy (non-hydrogen) atoms. The molecule has 0 aromatic heterocycles. The molecular weight excluding hydrogens is 448 g/mol. The lowest BCUT2D eigenvalue weighted by Gasteiger charge is -2.34. The van der Waals surface area contributed by atoms with Crippen LogP contribution in [0.2, 0.25) is 0 Å². The first-order valence-corrected chi connectivity index (χ1v) is 12.2. The molecular formula is C27H30N2O6. The van der Waals surface area contributed by atoms with Crippen LogP contribution in [0.5, 0.6) is 11.5 Å². The standard InChI is InChI=1S/C27H30N2O6/c1-35-20-10-6-5-9-19(20)23-21-22(25(32)29(24(21)31)17-7-3-2-4-8-17)27(28-23,26(33)34)15-16-11-13-18(30)14-12-16/h5-6,9-14,17,21-23,28,30H,2-4,7-8,15H2,1H3,(H,33,34). The first kappa shape index (κ1) is 23.4. The molecule has 0 bridgehead atoms. The van der Waals surface area contributed by atoms with Crippen LogP contribution < -0.4 is 10.1 Å². The van der Waals surface area contributed by atoms with Gasteiger partial charge >= 0.3 is 5.97 Å². The number of rotatable bonds is 6. The molecule has 8 nitrogen and oxygen atoms in total. The number of nitrogens with zero attached hydrogens (tertiary/aromatic N) is 1. The fourth-order valence-corrected chi connectivity index (χ4v) is 6.29. The maximum atomic E-state index is 13.9. The summed E-state index contributed by atoms with van der Waals surface area (Å²) in [5, 5.41) is 23.5. The van der Waals surface area contributed by atoms with Gasteiger partial charge in [0.25, 0.3) is 0 Å². The lowest BCUT2D eigenvalue weighted by molar-refractivity contribution is -0.152. The Balaban J connectivity index is 1.63. The molecule has 0 spiro atoms. The number of carboxylic acid groups (broad SMARTS) is 1. The molecule has 3 N–H and O–H groups in total. The number of likely N-dealkylation sites (tertiary alicyclic amines) is 1. The Morgan fingerprint density at radius 2 is 1.74 bits per heavy atom. The van der Waals surface area contributed by atoms with Gasteiger partial charge in [-0.3, -0.25) is 24.6 Å². The number of aromatic hydroxyl groups is 1. The zero-order valence-electron chi connectivity index (χ0n) is 19.6. The SMILES string of the molecule is COc1ccccc1C1NC(Cc2ccc(O)cc2)(C(=O)O)C2C(=O)N(C3CCCCC3)C(=O)C12. The Kier molecular flexibility index (Phi) is 6.01. The highest BCUT2D eigenvalue weighted by Crippen LogP contribution is 2.52. The summed E-state index contributed by atoms with van der Waals surface area (Å²) in [5.74, 6) is -3.19. The van der Waals surface area contributed by atoms with E-state index in [4.69, 9.17) is 4.74 Å². The Bertz CT molecular complexity index is 1140. The number of amides is 2. The number of nitrogens with one attached hydrogen (secondary N) is 1. The van der Waals surface area contributed by atoms with Gasteiger partial charge in [-0.2, -0.15) is 0 Å². The molecule has 2 aliphatic heterocycles. The molecule has 5 rings (SSSR count). The number of hydrogen-bond donors (Lipinski definition) is 3. The van der Waals surface area contributed by atoms with Crippen LogP contribution in [0.25, 0.3) is 0 Å². The van der Waals surface area contributed by atoms with E-state index in [-0.39, 0.29) is 24.1 Å². The van der Waals surface area contributed by atoms with Gasteiger partial charge in [0.15, 0.2) is 0 Å². The van der Waals surface area contributed by atoms with Crippen molar-refractivity contribution in [2.24, 2.45) is 11.8 Å². The van der Waals surface area contributed by atoms with Crippen LogP contribution in [0.3, 0.4) is 0 Å². The van der Waals surface area contributed by atoms with E-state index in [2.05, 4.69) is 5.32 Å². The molecule has 2 amide bonds. The highest BCUT2D eigenvalue weighted by Gasteiger charge is 2.69. The number of aliphatic carboxylic acids is 1. The van der Waals surface area contributed by atoms with Crippen molar-refractivity contribution in [2.45, 2.75) is 56.1 Å². The van der Waals surface area contributed by atoms with Crippen molar-refractivity contribution in [3.05, 3.63) is 59.7 Å². The highest BCUT2D eigenvalue weighted by molar-refractivity contribution is 6.09. The number of hydrogen-bond acceptors (Lipinski definition) is 6. The van der Waals surface area contributed by atoms with Crippen molar-refractivity contribution >= 4 is 17.8 Å². The van der Waals surface area contributed by atoms with E-state index >= 15 is 0 Å². The summed E-state index contributed by atoms with van der Waals surface area (Å²) < 4.78 is 5.55. The maximum absolute atomic E-state index is 13.9. The van der Waals surface area contributed by atoms with E-state index in [1.807, 2.05) is 18.2 Å². The van der Waals surface area contributed by atoms with Crippen LogP contribution in [0, 0.1) is 11.8 Å². The maximum Gasteiger partial charge on any atom is 0.325 e. The van der Waals surface area contributed by atoms with Crippen molar-refractivity contribution in [3.63, 3.8) is 0 Å². The van der Waals surface area contributed by atoms with E-state index in [9.17, 15) is 24.6 Å². The van der Waals surface area contributed by atoms with Gasteiger partial charge in [-0.25, -0.2) is 0 Å². The lowest BCUT2D eigenvalue weighted by atomic mass is 9.76. The second-order valence-corrected chi connectivity index (χ2v) is 9.83. The molecule has 1 aliphatic carbocycles. The van der Waals surface area contributed by atoms with E-state index in [1.165, 1.54) is 24.1 Å². The minimum absolute atomic E-state index is 0.00699.